The number of benzene rings is 1. The van der Waals surface area contributed by atoms with E-state index in [9.17, 15) is 0 Å². The van der Waals surface area contributed by atoms with E-state index in [4.69, 9.17) is 0 Å². The number of hydrogen-bond donors (Lipinski definition) is 2. The number of hydrogen-bond acceptors (Lipinski definition) is 4. The molecule has 1 aromatic carbocycles. The summed E-state index contributed by atoms with van der Waals surface area (Å²) in [5, 5.41) is 11.6. The second-order valence-corrected chi connectivity index (χ2v) is 8.52. The van der Waals surface area contributed by atoms with Crippen molar-refractivity contribution in [2.75, 3.05) is 20.1 Å². The zero-order valence-electron chi connectivity index (χ0n) is 18.8. The van der Waals surface area contributed by atoms with Crippen LogP contribution in [0.5, 0.6) is 0 Å². The Morgan fingerprint density at radius 2 is 1.87 bits per heavy atom. The molecule has 0 aliphatic carbocycles. The summed E-state index contributed by atoms with van der Waals surface area (Å²) in [5.74, 6) is 2.80. The standard InChI is InChI=1S/C23H35N7.HI/c1-18-26-22-12-11-21(17-30(22)28-18)27-23(24-2)25-15-19-9-5-6-10-20(19)16-29-13-7-3-4-8-14-29;/h5-6,9-10,21H,3-4,7-8,11-17H2,1-2H3,(H2,24,25,27);1H. The van der Waals surface area contributed by atoms with Gasteiger partial charge in [-0.3, -0.25) is 9.89 Å². The molecule has 0 saturated carbocycles. The predicted octanol–water partition coefficient (Wildman–Crippen LogP) is 3.26. The number of nitrogens with zero attached hydrogens (tertiary/aromatic N) is 5. The van der Waals surface area contributed by atoms with Gasteiger partial charge >= 0.3 is 0 Å². The molecule has 3 heterocycles. The molecule has 4 rings (SSSR count). The van der Waals surface area contributed by atoms with Gasteiger partial charge in [-0.25, -0.2) is 9.67 Å². The fourth-order valence-electron chi connectivity index (χ4n) is 4.54. The van der Waals surface area contributed by atoms with Crippen molar-refractivity contribution in [1.82, 2.24) is 30.3 Å². The number of aliphatic imine (C=N–C) groups is 1. The third-order valence-electron chi connectivity index (χ3n) is 6.19. The van der Waals surface area contributed by atoms with Crippen LogP contribution >= 0.6 is 24.0 Å². The van der Waals surface area contributed by atoms with E-state index in [2.05, 4.69) is 54.9 Å². The number of guanidine groups is 1. The molecule has 170 valence electrons. The molecule has 1 aromatic heterocycles. The van der Waals surface area contributed by atoms with Crippen LogP contribution in [0.15, 0.2) is 29.3 Å². The summed E-state index contributed by atoms with van der Waals surface area (Å²) in [6.07, 6.45) is 7.40. The van der Waals surface area contributed by atoms with Gasteiger partial charge in [0.15, 0.2) is 5.96 Å². The minimum atomic E-state index is 0. The highest BCUT2D eigenvalue weighted by Crippen LogP contribution is 2.16. The van der Waals surface area contributed by atoms with Gasteiger partial charge in [-0.15, -0.1) is 24.0 Å². The Morgan fingerprint density at radius 3 is 2.61 bits per heavy atom. The molecule has 8 heteroatoms. The van der Waals surface area contributed by atoms with Crippen LogP contribution in [0.2, 0.25) is 0 Å². The Morgan fingerprint density at radius 1 is 1.13 bits per heavy atom. The number of likely N-dealkylation sites (tertiary alicyclic amines) is 1. The molecule has 1 fully saturated rings. The maximum Gasteiger partial charge on any atom is 0.191 e. The van der Waals surface area contributed by atoms with Crippen molar-refractivity contribution >= 4 is 29.9 Å². The zero-order valence-corrected chi connectivity index (χ0v) is 21.1. The largest absolute Gasteiger partial charge is 0.352 e. The van der Waals surface area contributed by atoms with Gasteiger partial charge in [0.25, 0.3) is 0 Å². The first kappa shape index (κ1) is 24.0. The van der Waals surface area contributed by atoms with E-state index in [0.29, 0.717) is 6.04 Å². The lowest BCUT2D eigenvalue weighted by atomic mass is 10.1. The van der Waals surface area contributed by atoms with E-state index < -0.39 is 0 Å². The third-order valence-corrected chi connectivity index (χ3v) is 6.19. The van der Waals surface area contributed by atoms with Gasteiger partial charge in [-0.05, 0) is 50.4 Å². The Balaban J connectivity index is 0.00000272. The molecular formula is C23H36IN7. The van der Waals surface area contributed by atoms with Gasteiger partial charge in [0.1, 0.15) is 11.6 Å². The summed E-state index contributed by atoms with van der Waals surface area (Å²) >= 11 is 0. The molecule has 1 unspecified atom stereocenters. The van der Waals surface area contributed by atoms with Crippen LogP contribution in [0.3, 0.4) is 0 Å². The first-order chi connectivity index (χ1) is 14.7. The highest BCUT2D eigenvalue weighted by atomic mass is 127. The number of halogens is 1. The fourth-order valence-corrected chi connectivity index (χ4v) is 4.54. The molecule has 1 saturated heterocycles. The summed E-state index contributed by atoms with van der Waals surface area (Å²) in [5.41, 5.74) is 2.77. The van der Waals surface area contributed by atoms with Crippen molar-refractivity contribution in [1.29, 1.82) is 0 Å². The lowest BCUT2D eigenvalue weighted by molar-refractivity contribution is 0.276. The maximum atomic E-state index is 4.50. The van der Waals surface area contributed by atoms with Crippen LogP contribution < -0.4 is 10.6 Å². The summed E-state index contributed by atoms with van der Waals surface area (Å²) < 4.78 is 2.03. The van der Waals surface area contributed by atoms with Crippen molar-refractivity contribution in [3.63, 3.8) is 0 Å². The van der Waals surface area contributed by atoms with Crippen LogP contribution in [-0.4, -0.2) is 51.8 Å². The van der Waals surface area contributed by atoms with E-state index in [1.165, 1.54) is 49.9 Å². The first-order valence-corrected chi connectivity index (χ1v) is 11.4. The van der Waals surface area contributed by atoms with Crippen LogP contribution in [-0.2, 0) is 26.1 Å². The van der Waals surface area contributed by atoms with E-state index in [1.54, 1.807) is 0 Å². The molecule has 7 nitrogen and oxygen atoms in total. The van der Waals surface area contributed by atoms with Crippen molar-refractivity contribution in [2.24, 2.45) is 4.99 Å². The molecule has 2 aromatic rings. The van der Waals surface area contributed by atoms with Gasteiger partial charge in [0.2, 0.25) is 0 Å². The lowest BCUT2D eigenvalue weighted by Gasteiger charge is -2.26. The Labute approximate surface area is 203 Å². The smallest absolute Gasteiger partial charge is 0.191 e. The second kappa shape index (κ2) is 11.8. The number of rotatable bonds is 5. The molecule has 1 atom stereocenters. The van der Waals surface area contributed by atoms with Crippen LogP contribution in [0.25, 0.3) is 0 Å². The monoisotopic (exact) mass is 537 g/mol. The fraction of sp³-hybridized carbons (Fsp3) is 0.609. The molecule has 0 bridgehead atoms. The third kappa shape index (κ3) is 6.65. The zero-order chi connectivity index (χ0) is 20.8. The van der Waals surface area contributed by atoms with E-state index in [0.717, 1.165) is 50.1 Å². The number of fused-ring (bicyclic) bond motifs is 1. The van der Waals surface area contributed by atoms with E-state index in [1.807, 2.05) is 18.7 Å². The molecule has 31 heavy (non-hydrogen) atoms. The predicted molar refractivity (Wildman–Crippen MR) is 136 cm³/mol. The van der Waals surface area contributed by atoms with Crippen LogP contribution in [0, 0.1) is 6.92 Å². The summed E-state index contributed by atoms with van der Waals surface area (Å²) in [4.78, 5) is 11.6. The normalized spacial score (nSPS) is 19.8. The average molecular weight is 537 g/mol. The SMILES string of the molecule is CN=C(NCc1ccccc1CN1CCCCCC1)NC1CCc2nc(C)nn2C1.I. The number of aryl methyl sites for hydroxylation is 2. The van der Waals surface area contributed by atoms with E-state index in [-0.39, 0.29) is 24.0 Å². The summed E-state index contributed by atoms with van der Waals surface area (Å²) in [6.45, 7) is 7.05. The van der Waals surface area contributed by atoms with Crippen LogP contribution in [0.4, 0.5) is 0 Å². The molecule has 2 N–H and O–H groups in total. The quantitative estimate of drug-likeness (QED) is 0.348. The summed E-state index contributed by atoms with van der Waals surface area (Å²) in [6, 6.07) is 9.11. The van der Waals surface area contributed by atoms with Crippen molar-refractivity contribution < 1.29 is 0 Å². The van der Waals surface area contributed by atoms with Gasteiger partial charge in [0.05, 0.1) is 6.54 Å². The highest BCUT2D eigenvalue weighted by Gasteiger charge is 2.21. The Bertz CT molecular complexity index is 855. The van der Waals surface area contributed by atoms with Crippen molar-refractivity contribution in [3.8, 4) is 0 Å². The Hall–Kier alpha value is -1.68. The lowest BCUT2D eigenvalue weighted by Crippen LogP contribution is -2.46. The molecular weight excluding hydrogens is 501 g/mol. The number of aromatic nitrogens is 3. The van der Waals surface area contributed by atoms with E-state index >= 15 is 0 Å². The average Bonchev–Trinajstić information content (AvgIpc) is 2.94. The van der Waals surface area contributed by atoms with Gasteiger partial charge < -0.3 is 10.6 Å². The number of nitrogens with one attached hydrogen (secondary N) is 2. The van der Waals surface area contributed by atoms with Crippen molar-refractivity contribution in [2.45, 2.75) is 71.1 Å². The highest BCUT2D eigenvalue weighted by molar-refractivity contribution is 14.0. The maximum absolute atomic E-state index is 4.50. The molecule has 0 radical (unpaired) electrons. The molecule has 2 aliphatic heterocycles. The molecule has 2 aliphatic rings. The van der Waals surface area contributed by atoms with Crippen molar-refractivity contribution in [3.05, 3.63) is 47.0 Å². The molecule has 0 amide bonds. The second-order valence-electron chi connectivity index (χ2n) is 8.52. The summed E-state index contributed by atoms with van der Waals surface area (Å²) in [7, 11) is 1.84. The van der Waals surface area contributed by atoms with Crippen LogP contribution in [0.1, 0.15) is 54.9 Å². The van der Waals surface area contributed by atoms with Gasteiger partial charge in [-0.1, -0.05) is 37.1 Å². The Kier molecular flexibility index (Phi) is 9.13. The minimum absolute atomic E-state index is 0. The van der Waals surface area contributed by atoms with Gasteiger partial charge in [0, 0.05) is 32.6 Å². The van der Waals surface area contributed by atoms with Gasteiger partial charge in [-0.2, -0.15) is 5.10 Å². The first-order valence-electron chi connectivity index (χ1n) is 11.4. The topological polar surface area (TPSA) is 70.4 Å². The molecule has 0 spiro atoms. The minimum Gasteiger partial charge on any atom is -0.352 e.